The van der Waals surface area contributed by atoms with E-state index in [-0.39, 0.29) is 0 Å². The van der Waals surface area contributed by atoms with Gasteiger partial charge in [0.25, 0.3) is 0 Å². The van der Waals surface area contributed by atoms with Crippen LogP contribution in [0.15, 0.2) is 0 Å². The Bertz CT molecular complexity index is 282. The summed E-state index contributed by atoms with van der Waals surface area (Å²) < 4.78 is 0. The highest BCUT2D eigenvalue weighted by molar-refractivity contribution is 5.50. The van der Waals surface area contributed by atoms with Crippen molar-refractivity contribution in [1.29, 1.82) is 0 Å². The highest BCUT2D eigenvalue weighted by Crippen LogP contribution is 2.01. The molecule has 0 fully saturated rings. The zero-order valence-electron chi connectivity index (χ0n) is 11.0. The van der Waals surface area contributed by atoms with E-state index in [0.717, 1.165) is 32.1 Å². The van der Waals surface area contributed by atoms with E-state index in [9.17, 15) is 4.79 Å². The maximum absolute atomic E-state index is 9.93. The molecular formula is C16H23O. The van der Waals surface area contributed by atoms with Crippen LogP contribution in [0.2, 0.25) is 0 Å². The van der Waals surface area contributed by atoms with E-state index in [1.54, 1.807) is 0 Å². The smallest absolute Gasteiger partial charge is 0.198 e. The second-order valence-electron chi connectivity index (χ2n) is 4.12. The molecule has 0 saturated heterocycles. The first-order valence-corrected chi connectivity index (χ1v) is 6.72. The maximum atomic E-state index is 9.93. The van der Waals surface area contributed by atoms with Crippen LogP contribution in [-0.4, -0.2) is 6.29 Å². The van der Waals surface area contributed by atoms with Gasteiger partial charge in [0, 0.05) is 19.3 Å². The summed E-state index contributed by atoms with van der Waals surface area (Å²) in [5.74, 6) is 11.9. The third kappa shape index (κ3) is 14.8. The molecule has 0 atom stereocenters. The fourth-order valence-electron chi connectivity index (χ4n) is 1.44. The van der Waals surface area contributed by atoms with Crippen molar-refractivity contribution in [3.05, 3.63) is 0 Å². The number of rotatable bonds is 9. The van der Waals surface area contributed by atoms with E-state index in [1.807, 2.05) is 6.29 Å². The summed E-state index contributed by atoms with van der Waals surface area (Å²) >= 11 is 0. The zero-order valence-corrected chi connectivity index (χ0v) is 11.0. The second kappa shape index (κ2) is 14.8. The molecule has 0 aliphatic rings. The number of hydrogen-bond donors (Lipinski definition) is 0. The molecule has 93 valence electrons. The molecule has 0 bridgehead atoms. The molecule has 0 rings (SSSR count). The Kier molecular flexibility index (Phi) is 13.7. The monoisotopic (exact) mass is 231 g/mol. The fraction of sp³-hybridized carbons (Fsp3) is 0.688. The van der Waals surface area contributed by atoms with E-state index < -0.39 is 0 Å². The maximum Gasteiger partial charge on any atom is 0.198 e. The van der Waals surface area contributed by atoms with Gasteiger partial charge in [-0.25, -0.2) is 0 Å². The van der Waals surface area contributed by atoms with Gasteiger partial charge in [0.15, 0.2) is 6.29 Å². The van der Waals surface area contributed by atoms with Crippen LogP contribution >= 0.6 is 0 Å². The van der Waals surface area contributed by atoms with Gasteiger partial charge >= 0.3 is 0 Å². The van der Waals surface area contributed by atoms with Crippen LogP contribution in [0.3, 0.4) is 0 Å². The minimum Gasteiger partial charge on any atom is -0.291 e. The summed E-state index contributed by atoms with van der Waals surface area (Å²) in [6.45, 7) is 2.21. The van der Waals surface area contributed by atoms with Crippen LogP contribution in [0.25, 0.3) is 0 Å². The highest BCUT2D eigenvalue weighted by Gasteiger charge is 1.86. The van der Waals surface area contributed by atoms with Crippen molar-refractivity contribution in [3.63, 3.8) is 0 Å². The molecule has 0 unspecified atom stereocenters. The molecule has 0 aromatic carbocycles. The van der Waals surface area contributed by atoms with Gasteiger partial charge in [-0.1, -0.05) is 44.4 Å². The average molecular weight is 231 g/mol. The Morgan fingerprint density at radius 3 is 1.76 bits per heavy atom. The van der Waals surface area contributed by atoms with Crippen molar-refractivity contribution in [2.75, 3.05) is 0 Å². The molecule has 0 aromatic rings. The number of unbranched alkanes of at least 4 members (excludes halogenated alkanes) is 8. The molecule has 17 heavy (non-hydrogen) atoms. The van der Waals surface area contributed by atoms with Crippen molar-refractivity contribution in [1.82, 2.24) is 0 Å². The van der Waals surface area contributed by atoms with Crippen LogP contribution in [0.1, 0.15) is 71.1 Å². The third-order valence-electron chi connectivity index (χ3n) is 2.48. The van der Waals surface area contributed by atoms with Crippen LogP contribution < -0.4 is 0 Å². The SMILES string of the molecule is CCCCCCC#CC#CCCCCC[C]=O. The predicted octanol–water partition coefficient (Wildman–Crippen LogP) is 4.02. The molecule has 0 aromatic heterocycles. The Morgan fingerprint density at radius 1 is 0.706 bits per heavy atom. The van der Waals surface area contributed by atoms with Gasteiger partial charge < -0.3 is 0 Å². The van der Waals surface area contributed by atoms with E-state index in [2.05, 4.69) is 30.6 Å². The standard InChI is InChI=1S/C16H23O/c1-2-3-4-5-6-7-8-9-10-11-12-13-14-15-16-17/h2-6,11-15H2,1H3. The van der Waals surface area contributed by atoms with Crippen molar-refractivity contribution in [3.8, 4) is 23.7 Å². The average Bonchev–Trinajstić information content (AvgIpc) is 2.35. The molecule has 0 N–H and O–H groups in total. The summed E-state index contributed by atoms with van der Waals surface area (Å²) in [5, 5.41) is 0. The van der Waals surface area contributed by atoms with Crippen LogP contribution in [0.5, 0.6) is 0 Å². The van der Waals surface area contributed by atoms with E-state index >= 15 is 0 Å². The molecule has 0 spiro atoms. The van der Waals surface area contributed by atoms with E-state index in [0.29, 0.717) is 6.42 Å². The van der Waals surface area contributed by atoms with Crippen molar-refractivity contribution in [2.45, 2.75) is 71.1 Å². The molecule has 1 radical (unpaired) electrons. The van der Waals surface area contributed by atoms with Crippen molar-refractivity contribution < 1.29 is 4.79 Å². The van der Waals surface area contributed by atoms with Crippen molar-refractivity contribution in [2.24, 2.45) is 0 Å². The summed E-state index contributed by atoms with van der Waals surface area (Å²) in [4.78, 5) is 9.93. The molecule has 0 aliphatic heterocycles. The molecule has 0 heterocycles. The summed E-state index contributed by atoms with van der Waals surface area (Å²) in [5.41, 5.74) is 0. The first-order chi connectivity index (χ1) is 8.41. The molecular weight excluding hydrogens is 208 g/mol. The molecule has 0 saturated carbocycles. The topological polar surface area (TPSA) is 17.1 Å². The quantitative estimate of drug-likeness (QED) is 0.432. The number of hydrogen-bond acceptors (Lipinski definition) is 1. The Morgan fingerprint density at radius 2 is 1.24 bits per heavy atom. The van der Waals surface area contributed by atoms with Gasteiger partial charge in [0.05, 0.1) is 0 Å². The van der Waals surface area contributed by atoms with Crippen LogP contribution in [-0.2, 0) is 4.79 Å². The van der Waals surface area contributed by atoms with Crippen molar-refractivity contribution >= 4 is 6.29 Å². The third-order valence-corrected chi connectivity index (χ3v) is 2.48. The predicted molar refractivity (Wildman–Crippen MR) is 73.1 cm³/mol. The number of carbonyl (C=O) groups excluding carboxylic acids is 1. The molecule has 0 aliphatic carbocycles. The summed E-state index contributed by atoms with van der Waals surface area (Å²) in [6.07, 6.45) is 12.5. The first kappa shape index (κ1) is 15.8. The highest BCUT2D eigenvalue weighted by atomic mass is 16.1. The first-order valence-electron chi connectivity index (χ1n) is 6.72. The molecule has 1 heteroatoms. The second-order valence-corrected chi connectivity index (χ2v) is 4.12. The lowest BCUT2D eigenvalue weighted by atomic mass is 10.1. The molecule has 1 nitrogen and oxygen atoms in total. The van der Waals surface area contributed by atoms with Crippen LogP contribution in [0.4, 0.5) is 0 Å². The Labute approximate surface area is 106 Å². The largest absolute Gasteiger partial charge is 0.291 e. The minimum atomic E-state index is 0.561. The van der Waals surface area contributed by atoms with Gasteiger partial charge in [-0.15, -0.1) is 0 Å². The fourth-order valence-corrected chi connectivity index (χ4v) is 1.44. The van der Waals surface area contributed by atoms with Gasteiger partial charge in [-0.3, -0.25) is 4.79 Å². The van der Waals surface area contributed by atoms with Gasteiger partial charge in [0.2, 0.25) is 0 Å². The van der Waals surface area contributed by atoms with Crippen LogP contribution in [0, 0.1) is 23.7 Å². The zero-order chi connectivity index (χ0) is 12.6. The van der Waals surface area contributed by atoms with E-state index in [4.69, 9.17) is 0 Å². The minimum absolute atomic E-state index is 0.561. The van der Waals surface area contributed by atoms with Gasteiger partial charge in [0.1, 0.15) is 0 Å². The van der Waals surface area contributed by atoms with Gasteiger partial charge in [-0.05, 0) is 31.1 Å². The normalized spacial score (nSPS) is 8.76. The Balaban J connectivity index is 3.29. The lowest BCUT2D eigenvalue weighted by Gasteiger charge is -1.91. The Hall–Kier alpha value is -1.21. The summed E-state index contributed by atoms with van der Waals surface area (Å²) in [6, 6.07) is 0. The summed E-state index contributed by atoms with van der Waals surface area (Å²) in [7, 11) is 0. The van der Waals surface area contributed by atoms with Gasteiger partial charge in [-0.2, -0.15) is 0 Å². The molecule has 0 amide bonds. The lowest BCUT2D eigenvalue weighted by Crippen LogP contribution is -1.77. The van der Waals surface area contributed by atoms with E-state index in [1.165, 1.54) is 25.7 Å². The lowest BCUT2D eigenvalue weighted by molar-refractivity contribution is 0.545.